The molecule has 0 aromatic heterocycles. The molecule has 0 aromatic carbocycles. The highest BCUT2D eigenvalue weighted by Gasteiger charge is 1.97. The van der Waals surface area contributed by atoms with Gasteiger partial charge in [-0.15, -0.1) is 0 Å². The molecule has 0 heterocycles. The Hall–Kier alpha value is -0.310. The Kier molecular flexibility index (Phi) is 5.30. The Morgan fingerprint density at radius 3 is 1.90 bits per heavy atom. The molecule has 0 saturated heterocycles. The molecule has 0 atom stereocenters. The van der Waals surface area contributed by atoms with E-state index in [2.05, 4.69) is 12.6 Å². The van der Waals surface area contributed by atoms with E-state index in [1.165, 1.54) is 0 Å². The number of carbonyl (C=O) groups excluding carboxylic acids is 1. The van der Waals surface area contributed by atoms with Crippen molar-refractivity contribution in [2.75, 3.05) is 13.1 Å². The third-order valence-electron chi connectivity index (χ3n) is 1.25. The first-order chi connectivity index (χ1) is 4.72. The number of hydrogen-bond acceptors (Lipinski definition) is 2. The van der Waals surface area contributed by atoms with Gasteiger partial charge in [-0.2, -0.15) is 0 Å². The Morgan fingerprint density at radius 1 is 1.30 bits per heavy atom. The quantitative estimate of drug-likeness (QED) is 0.584. The number of nitrogens with zero attached hydrogens (tertiary/aromatic N) is 1. The Balaban J connectivity index is 3.61. The zero-order chi connectivity index (χ0) is 7.98. The zero-order valence-corrected chi connectivity index (χ0v) is 7.41. The molecule has 0 aromatic rings. The lowest BCUT2D eigenvalue weighted by atomic mass is 10.4. The van der Waals surface area contributed by atoms with Gasteiger partial charge in [-0.05, 0) is 12.8 Å². The van der Waals surface area contributed by atoms with Gasteiger partial charge in [-0.3, -0.25) is 0 Å². The second-order valence-corrected chi connectivity index (χ2v) is 2.60. The lowest BCUT2D eigenvalue weighted by Crippen LogP contribution is -2.29. The van der Waals surface area contributed by atoms with E-state index >= 15 is 0 Å². The van der Waals surface area contributed by atoms with E-state index in [1.807, 2.05) is 13.8 Å². The molecule has 0 aliphatic carbocycles. The molecule has 1 amide bonds. The van der Waals surface area contributed by atoms with Crippen LogP contribution in [-0.4, -0.2) is 23.2 Å². The summed E-state index contributed by atoms with van der Waals surface area (Å²) in [7, 11) is 0. The van der Waals surface area contributed by atoms with Gasteiger partial charge in [-0.25, -0.2) is 0 Å². The fourth-order valence-electron chi connectivity index (χ4n) is 0.834. The normalized spacial score (nSPS) is 9.40. The lowest BCUT2D eigenvalue weighted by molar-refractivity contribution is 0.223. The van der Waals surface area contributed by atoms with Crippen molar-refractivity contribution in [1.29, 1.82) is 0 Å². The highest BCUT2D eigenvalue weighted by atomic mass is 32.1. The Bertz CT molecular complexity index is 99.8. The summed E-state index contributed by atoms with van der Waals surface area (Å²) in [6.07, 6.45) is 1.98. The second kappa shape index (κ2) is 5.47. The minimum Gasteiger partial charge on any atom is -0.719 e. The van der Waals surface area contributed by atoms with E-state index in [-0.39, 0.29) is 5.24 Å². The third-order valence-corrected chi connectivity index (χ3v) is 1.50. The summed E-state index contributed by atoms with van der Waals surface area (Å²) >= 11 is 4.52. The number of carbonyl (C=O) groups is 1. The van der Waals surface area contributed by atoms with Crippen LogP contribution in [0, 0.1) is 0 Å². The molecule has 60 valence electrons. The van der Waals surface area contributed by atoms with Crippen LogP contribution in [0.15, 0.2) is 0 Å². The first-order valence-corrected chi connectivity index (χ1v) is 4.09. The van der Waals surface area contributed by atoms with Crippen LogP contribution in [0.1, 0.15) is 26.7 Å². The van der Waals surface area contributed by atoms with Crippen molar-refractivity contribution in [3.63, 3.8) is 0 Å². The van der Waals surface area contributed by atoms with Gasteiger partial charge in [0.2, 0.25) is 0 Å². The van der Waals surface area contributed by atoms with Crippen molar-refractivity contribution in [3.05, 3.63) is 0 Å². The summed E-state index contributed by atoms with van der Waals surface area (Å²) in [5, 5.41) is -0.219. The molecule has 10 heavy (non-hydrogen) atoms. The van der Waals surface area contributed by atoms with Crippen molar-refractivity contribution < 1.29 is 4.79 Å². The smallest absolute Gasteiger partial charge is 0.101 e. The largest absolute Gasteiger partial charge is 0.719 e. The van der Waals surface area contributed by atoms with Crippen LogP contribution in [0.25, 0.3) is 0 Å². The van der Waals surface area contributed by atoms with E-state index < -0.39 is 0 Å². The summed E-state index contributed by atoms with van der Waals surface area (Å²) in [6, 6.07) is 0. The van der Waals surface area contributed by atoms with Crippen molar-refractivity contribution in [2.45, 2.75) is 26.7 Å². The van der Waals surface area contributed by atoms with Crippen LogP contribution < -0.4 is 0 Å². The van der Waals surface area contributed by atoms with Gasteiger partial charge < -0.3 is 22.3 Å². The Morgan fingerprint density at radius 2 is 1.70 bits per heavy atom. The van der Waals surface area contributed by atoms with Gasteiger partial charge in [0.25, 0.3) is 0 Å². The predicted octanol–water partition coefficient (Wildman–Crippen LogP) is 1.78. The molecule has 0 fully saturated rings. The molecule has 0 aliphatic heterocycles. The van der Waals surface area contributed by atoms with Crippen LogP contribution in [-0.2, 0) is 12.6 Å². The topological polar surface area (TPSA) is 20.3 Å². The van der Waals surface area contributed by atoms with Gasteiger partial charge in [0.05, 0.1) is 0 Å². The van der Waals surface area contributed by atoms with Gasteiger partial charge in [0, 0.05) is 13.1 Å². The molecule has 0 radical (unpaired) electrons. The van der Waals surface area contributed by atoms with Crippen LogP contribution in [0.3, 0.4) is 0 Å². The summed E-state index contributed by atoms with van der Waals surface area (Å²) in [6.45, 7) is 5.69. The van der Waals surface area contributed by atoms with E-state index in [4.69, 9.17) is 0 Å². The van der Waals surface area contributed by atoms with Crippen molar-refractivity contribution in [1.82, 2.24) is 4.90 Å². The van der Waals surface area contributed by atoms with Crippen LogP contribution in [0.5, 0.6) is 0 Å². The molecule has 0 aliphatic rings. The maximum Gasteiger partial charge on any atom is 0.101 e. The number of hydrogen-bond donors (Lipinski definition) is 0. The first-order valence-electron chi connectivity index (χ1n) is 3.68. The fraction of sp³-hybridized carbons (Fsp3) is 0.857. The second-order valence-electron chi connectivity index (χ2n) is 2.25. The van der Waals surface area contributed by atoms with E-state index in [0.29, 0.717) is 0 Å². The van der Waals surface area contributed by atoms with E-state index in [9.17, 15) is 4.79 Å². The van der Waals surface area contributed by atoms with Crippen LogP contribution >= 0.6 is 0 Å². The zero-order valence-electron chi connectivity index (χ0n) is 6.59. The Labute approximate surface area is 68.0 Å². The van der Waals surface area contributed by atoms with Crippen LogP contribution in [0.4, 0.5) is 4.79 Å². The molecule has 0 bridgehead atoms. The molecule has 3 heteroatoms. The average molecular weight is 160 g/mol. The van der Waals surface area contributed by atoms with Crippen molar-refractivity contribution >= 4 is 17.9 Å². The van der Waals surface area contributed by atoms with Gasteiger partial charge in [0.1, 0.15) is 5.24 Å². The maximum absolute atomic E-state index is 10.7. The van der Waals surface area contributed by atoms with E-state index in [0.717, 1.165) is 25.9 Å². The molecule has 0 spiro atoms. The molecule has 2 nitrogen and oxygen atoms in total. The summed E-state index contributed by atoms with van der Waals surface area (Å²) in [5.41, 5.74) is 0. The standard InChI is InChI=1S/C7H15NOS/c1-3-5-8(6-4-2)7(9)10/h3-6H2,1-2H3,(H,9,10)/p-1. The van der Waals surface area contributed by atoms with Gasteiger partial charge in [-0.1, -0.05) is 13.8 Å². The van der Waals surface area contributed by atoms with Gasteiger partial charge >= 0.3 is 0 Å². The molecule has 0 rings (SSSR count). The predicted molar refractivity (Wildman–Crippen MR) is 44.9 cm³/mol. The molecular weight excluding hydrogens is 146 g/mol. The van der Waals surface area contributed by atoms with Crippen molar-refractivity contribution in [3.8, 4) is 0 Å². The monoisotopic (exact) mass is 160 g/mol. The molecule has 0 unspecified atom stereocenters. The SMILES string of the molecule is CCCN(CCC)C(=O)[S-]. The highest BCUT2D eigenvalue weighted by Crippen LogP contribution is 1.94. The minimum absolute atomic E-state index is 0.219. The third kappa shape index (κ3) is 3.67. The average Bonchev–Trinajstić information content (AvgIpc) is 1.87. The minimum atomic E-state index is -0.219. The van der Waals surface area contributed by atoms with Crippen molar-refractivity contribution in [2.24, 2.45) is 0 Å². The molecule has 0 saturated carbocycles. The highest BCUT2D eigenvalue weighted by molar-refractivity contribution is 7.76. The summed E-state index contributed by atoms with van der Waals surface area (Å²) < 4.78 is 0. The number of amides is 1. The fourth-order valence-corrected chi connectivity index (χ4v) is 1.02. The summed E-state index contributed by atoms with van der Waals surface area (Å²) in [5.74, 6) is 0. The lowest BCUT2D eigenvalue weighted by Gasteiger charge is -2.24. The summed E-state index contributed by atoms with van der Waals surface area (Å²) in [4.78, 5) is 12.4. The molecular formula is C7H14NOS-. The van der Waals surface area contributed by atoms with E-state index in [1.54, 1.807) is 4.90 Å². The van der Waals surface area contributed by atoms with Crippen LogP contribution in [0.2, 0.25) is 0 Å². The van der Waals surface area contributed by atoms with Gasteiger partial charge in [0.15, 0.2) is 0 Å². The maximum atomic E-state index is 10.7. The molecule has 0 N–H and O–H groups in total. The first kappa shape index (κ1) is 9.69. The number of rotatable bonds is 4.